The number of carbonyl (C=O) groups is 5. The number of hydrogen-bond acceptors (Lipinski definition) is 14. The highest BCUT2D eigenvalue weighted by Crippen LogP contribution is 2.37. The number of nitrogens with zero attached hydrogens (tertiary/aromatic N) is 5. The zero-order chi connectivity index (χ0) is 49.0. The van der Waals surface area contributed by atoms with Gasteiger partial charge in [0.05, 0.1) is 24.2 Å². The van der Waals surface area contributed by atoms with Crippen molar-refractivity contribution in [2.75, 3.05) is 25.0 Å². The number of nitrogens with one attached hydrogen (secondary N) is 2. The number of aromatic nitrogens is 3. The fourth-order valence-electron chi connectivity index (χ4n) is 6.90. The number of aryl methyl sites for hydroxylation is 2. The normalized spacial score (nSPS) is 16.7. The summed E-state index contributed by atoms with van der Waals surface area (Å²) in [6.45, 7) is 25.4. The number of esters is 1. The molecule has 362 valence electrons. The van der Waals surface area contributed by atoms with Crippen molar-refractivity contribution >= 4 is 52.4 Å². The summed E-state index contributed by atoms with van der Waals surface area (Å²) in [6.07, 6.45) is 2.97. The minimum Gasteiger partial charge on any atom is -0.485 e. The summed E-state index contributed by atoms with van der Waals surface area (Å²) in [6, 6.07) is 5.77. The lowest BCUT2D eigenvalue weighted by molar-refractivity contribution is -0.781. The molecular weight excluding hydrogens is 875 g/mol. The van der Waals surface area contributed by atoms with E-state index in [0.29, 0.717) is 51.3 Å². The summed E-state index contributed by atoms with van der Waals surface area (Å²) in [4.78, 5) is 75.5. The number of ether oxygens (including phenoxy) is 5. The van der Waals surface area contributed by atoms with Gasteiger partial charge in [-0.15, -0.1) is 16.0 Å². The number of alkyl carbamates (subject to hydrolysis) is 1. The molecule has 5 rings (SSSR count). The Labute approximate surface area is 390 Å². The van der Waals surface area contributed by atoms with E-state index in [2.05, 4.69) is 42.5 Å². The first-order valence-electron chi connectivity index (χ1n) is 22.0. The Morgan fingerprint density at radius 2 is 1.52 bits per heavy atom. The fraction of sp³-hybridized carbons (Fsp3) is 0.609. The third-order valence-electron chi connectivity index (χ3n) is 9.83. The monoisotopic (exact) mass is 940 g/mol. The lowest BCUT2D eigenvalue weighted by atomic mass is 9.89. The number of carboxylic acids is 1. The summed E-state index contributed by atoms with van der Waals surface area (Å²) < 4.78 is 32.7. The molecule has 0 bridgehead atoms. The highest BCUT2D eigenvalue weighted by molar-refractivity contribution is 7.14. The Morgan fingerprint density at radius 1 is 0.879 bits per heavy atom. The summed E-state index contributed by atoms with van der Waals surface area (Å²) in [7, 11) is 0. The number of anilines is 1. The van der Waals surface area contributed by atoms with E-state index in [1.165, 1.54) is 12.3 Å². The SMILES string of the molecule is CC(C)(C)OC(=O)NCCCn1cc(-c2ccc3c(c2)CCC(C(C)(ON=C(C(=O)O)c2csc(NC(=O)OC(C)(C)C)n2)C(=O)OC(C)(C)C)O3)c[n+]1CC1CN(C(=O)OC(C)(C)C)C1. The molecule has 3 N–H and O–H groups in total. The van der Waals surface area contributed by atoms with E-state index in [0.717, 1.165) is 28.0 Å². The average molecular weight is 941 g/mol. The van der Waals surface area contributed by atoms with Crippen molar-refractivity contribution in [1.29, 1.82) is 0 Å². The molecule has 4 heterocycles. The molecule has 0 saturated carbocycles. The molecular formula is C46H66N7O12S+. The topological polar surface area (TPSA) is 222 Å². The van der Waals surface area contributed by atoms with Gasteiger partial charge in [-0.3, -0.25) is 5.32 Å². The van der Waals surface area contributed by atoms with E-state index in [4.69, 9.17) is 28.5 Å². The molecule has 3 aromatic rings. The van der Waals surface area contributed by atoms with Crippen LogP contribution in [-0.2, 0) is 52.9 Å². The van der Waals surface area contributed by atoms with Gasteiger partial charge < -0.3 is 43.8 Å². The minimum absolute atomic E-state index is 0.0682. The predicted molar refractivity (Wildman–Crippen MR) is 244 cm³/mol. The molecule has 2 unspecified atom stereocenters. The maximum Gasteiger partial charge on any atom is 0.413 e. The van der Waals surface area contributed by atoms with Gasteiger partial charge in [-0.05, 0) is 133 Å². The van der Waals surface area contributed by atoms with Gasteiger partial charge >= 0.3 is 30.2 Å². The van der Waals surface area contributed by atoms with Gasteiger partial charge in [0.15, 0.2) is 17.8 Å². The number of carboxylic acid groups (broad SMARTS) is 1. The second kappa shape index (κ2) is 19.9. The molecule has 0 radical (unpaired) electrons. The lowest BCUT2D eigenvalue weighted by Gasteiger charge is -2.38. The van der Waals surface area contributed by atoms with Crippen LogP contribution in [-0.4, -0.2) is 109 Å². The van der Waals surface area contributed by atoms with Crippen molar-refractivity contribution in [3.63, 3.8) is 0 Å². The van der Waals surface area contributed by atoms with E-state index in [1.54, 1.807) is 46.4 Å². The van der Waals surface area contributed by atoms with Crippen LogP contribution in [0.2, 0.25) is 0 Å². The first kappa shape index (κ1) is 51.1. The predicted octanol–water partition coefficient (Wildman–Crippen LogP) is 7.33. The minimum atomic E-state index is -1.92. The number of aliphatic carboxylic acids is 1. The molecule has 1 saturated heterocycles. The Balaban J connectivity index is 1.35. The Hall–Kier alpha value is -5.92. The molecule has 2 aliphatic heterocycles. The summed E-state index contributed by atoms with van der Waals surface area (Å²) in [5, 5.41) is 20.9. The van der Waals surface area contributed by atoms with Gasteiger partial charge in [-0.25, -0.2) is 29.0 Å². The number of oxime groups is 1. The van der Waals surface area contributed by atoms with Crippen molar-refractivity contribution in [3.05, 3.63) is 47.2 Å². The van der Waals surface area contributed by atoms with Crippen molar-refractivity contribution in [3.8, 4) is 16.9 Å². The molecule has 19 nitrogen and oxygen atoms in total. The summed E-state index contributed by atoms with van der Waals surface area (Å²) in [5.41, 5.74) is -2.80. The highest BCUT2D eigenvalue weighted by Gasteiger charge is 2.51. The third-order valence-corrected chi connectivity index (χ3v) is 10.6. The maximum absolute atomic E-state index is 13.9. The average Bonchev–Trinajstić information content (AvgIpc) is 3.77. The van der Waals surface area contributed by atoms with Crippen molar-refractivity contribution in [1.82, 2.24) is 19.9 Å². The molecule has 1 fully saturated rings. The second-order valence-corrected chi connectivity index (χ2v) is 21.5. The van der Waals surface area contributed by atoms with Gasteiger partial charge in [0.25, 0.3) is 5.60 Å². The van der Waals surface area contributed by atoms with Crippen LogP contribution >= 0.6 is 11.3 Å². The van der Waals surface area contributed by atoms with Crippen molar-refractivity contribution in [2.45, 2.75) is 156 Å². The van der Waals surface area contributed by atoms with E-state index < -0.39 is 63.9 Å². The molecule has 1 aromatic carbocycles. The van der Waals surface area contributed by atoms with Crippen molar-refractivity contribution < 1.29 is 62.3 Å². The molecule has 2 aliphatic rings. The van der Waals surface area contributed by atoms with E-state index in [1.807, 2.05) is 59.7 Å². The van der Waals surface area contributed by atoms with Crippen molar-refractivity contribution in [2.24, 2.45) is 11.1 Å². The number of hydrogen-bond donors (Lipinski definition) is 3. The Kier molecular flexibility index (Phi) is 15.4. The molecule has 20 heteroatoms. The van der Waals surface area contributed by atoms with Crippen LogP contribution in [0.5, 0.6) is 5.75 Å². The summed E-state index contributed by atoms with van der Waals surface area (Å²) >= 11 is 0.957. The number of benzene rings is 1. The third kappa shape index (κ3) is 14.5. The van der Waals surface area contributed by atoms with Crippen LogP contribution in [0.1, 0.15) is 114 Å². The van der Waals surface area contributed by atoms with Gasteiger partial charge in [-0.2, -0.15) is 4.68 Å². The van der Waals surface area contributed by atoms with E-state index in [-0.39, 0.29) is 29.3 Å². The number of fused-ring (bicyclic) bond motifs is 1. The number of carbonyl (C=O) groups excluding carboxylic acids is 4. The van der Waals surface area contributed by atoms with Crippen LogP contribution in [0.25, 0.3) is 11.1 Å². The molecule has 66 heavy (non-hydrogen) atoms. The van der Waals surface area contributed by atoms with Crippen LogP contribution < -0.4 is 20.1 Å². The smallest absolute Gasteiger partial charge is 0.413 e. The zero-order valence-corrected chi connectivity index (χ0v) is 41.2. The maximum atomic E-state index is 13.9. The summed E-state index contributed by atoms with van der Waals surface area (Å²) in [5.74, 6) is -1.59. The largest absolute Gasteiger partial charge is 0.485 e. The Bertz CT molecular complexity index is 2290. The van der Waals surface area contributed by atoms with E-state index >= 15 is 0 Å². The van der Waals surface area contributed by atoms with Gasteiger partial charge in [0.2, 0.25) is 11.9 Å². The molecule has 0 aliphatic carbocycles. The molecule has 3 amide bonds. The van der Waals surface area contributed by atoms with Gasteiger partial charge in [0, 0.05) is 25.0 Å². The van der Waals surface area contributed by atoms with E-state index in [9.17, 15) is 29.1 Å². The first-order chi connectivity index (χ1) is 30.5. The van der Waals surface area contributed by atoms with Crippen LogP contribution in [0.3, 0.4) is 0 Å². The first-order valence-corrected chi connectivity index (χ1v) is 22.9. The van der Waals surface area contributed by atoms with Gasteiger partial charge in [-0.1, -0.05) is 11.2 Å². The number of amides is 3. The number of thiazole rings is 1. The number of likely N-dealkylation sites (tertiary alicyclic amines) is 1. The highest BCUT2D eigenvalue weighted by atomic mass is 32.1. The fourth-order valence-corrected chi connectivity index (χ4v) is 7.58. The Morgan fingerprint density at radius 3 is 2.14 bits per heavy atom. The number of rotatable bonds is 14. The zero-order valence-electron chi connectivity index (χ0n) is 40.4. The quantitative estimate of drug-likeness (QED) is 0.0360. The standard InChI is InChI=1S/C46H65N7O12S/c1-42(2,3)61-37(56)46(13,65-50-35(36(54)55)32-27-66-38(48-32)49-40(58)63-44(7,8)9)34-18-16-30-21-29(15-17-33(30)60-34)31-25-52(20-14-19-47-39(57)62-43(4,5)6)53(26-31)24-28-22-51(23-28)41(59)64-45(10,11)12/h15,17,21,25-28,34H,14,16,18-20,22-24H2,1-13H3,(H2-,47,48,49,54,55,57,58)/p+1. The van der Waals surface area contributed by atoms with Gasteiger partial charge in [0.1, 0.15) is 33.8 Å². The van der Waals surface area contributed by atoms with Crippen LogP contribution in [0, 0.1) is 5.92 Å². The molecule has 2 aromatic heterocycles. The molecule has 0 spiro atoms. The van der Waals surface area contributed by atoms with Crippen LogP contribution in [0.15, 0.2) is 41.1 Å². The molecule has 2 atom stereocenters. The lowest BCUT2D eigenvalue weighted by Crippen LogP contribution is -2.58. The second-order valence-electron chi connectivity index (χ2n) is 20.6. The van der Waals surface area contributed by atoms with Crippen LogP contribution in [0.4, 0.5) is 19.5 Å².